The molecular formula is C32H39N7O5. The number of carbonyl (C=O) groups is 1. The number of amidine groups is 1. The fraction of sp³-hybridized carbons (Fsp3) is 0.312. The van der Waals surface area contributed by atoms with E-state index in [9.17, 15) is 9.59 Å². The highest BCUT2D eigenvalue weighted by Crippen LogP contribution is 2.35. The van der Waals surface area contributed by atoms with Gasteiger partial charge in [0.2, 0.25) is 5.91 Å². The molecule has 0 aliphatic heterocycles. The first-order valence-electron chi connectivity index (χ1n) is 14.1. The van der Waals surface area contributed by atoms with E-state index < -0.39 is 17.1 Å². The number of amides is 1. The summed E-state index contributed by atoms with van der Waals surface area (Å²) in [5.74, 6) is 1.69. The second kappa shape index (κ2) is 13.4. The van der Waals surface area contributed by atoms with E-state index in [2.05, 4.69) is 15.4 Å². The summed E-state index contributed by atoms with van der Waals surface area (Å²) < 4.78 is 18.8. The fourth-order valence-corrected chi connectivity index (χ4v) is 4.68. The first kappa shape index (κ1) is 31.7. The smallest absolute Gasteiger partial charge is 0.348 e. The molecule has 5 N–H and O–H groups in total. The molecule has 4 aromatic rings. The fourth-order valence-electron chi connectivity index (χ4n) is 4.68. The number of nitrogens with two attached hydrogens (primary N) is 1. The van der Waals surface area contributed by atoms with Crippen molar-refractivity contribution in [3.05, 3.63) is 94.2 Å². The molecule has 0 bridgehead atoms. The van der Waals surface area contributed by atoms with Crippen LogP contribution < -0.4 is 31.0 Å². The number of hydrogen-bond acceptors (Lipinski definition) is 8. The molecule has 0 spiro atoms. The Bertz CT molecular complexity index is 1680. The summed E-state index contributed by atoms with van der Waals surface area (Å²) in [4.78, 5) is 30.2. The highest BCUT2D eigenvalue weighted by Gasteiger charge is 2.31. The Balaban J connectivity index is 1.76. The van der Waals surface area contributed by atoms with Crippen molar-refractivity contribution in [2.75, 3.05) is 39.7 Å². The first-order chi connectivity index (χ1) is 20.9. The van der Waals surface area contributed by atoms with Gasteiger partial charge < -0.3 is 30.2 Å². The van der Waals surface area contributed by atoms with Crippen LogP contribution in [0.25, 0.3) is 5.69 Å². The molecule has 0 saturated heterocycles. The van der Waals surface area contributed by atoms with Crippen LogP contribution in [0.15, 0.2) is 71.5 Å². The van der Waals surface area contributed by atoms with Gasteiger partial charge in [0, 0.05) is 25.3 Å². The Hall–Kier alpha value is -5.26. The second-order valence-electron chi connectivity index (χ2n) is 11.0. The van der Waals surface area contributed by atoms with Gasteiger partial charge in [-0.2, -0.15) is 4.68 Å². The molecule has 0 saturated carbocycles. The predicted molar refractivity (Wildman–Crippen MR) is 169 cm³/mol. The number of benzene rings is 3. The van der Waals surface area contributed by atoms with E-state index in [4.69, 9.17) is 25.4 Å². The van der Waals surface area contributed by atoms with Crippen molar-refractivity contribution in [1.29, 1.82) is 5.41 Å². The largest absolute Gasteiger partial charge is 0.494 e. The quantitative estimate of drug-likeness (QED) is 0.132. The number of nitrogen functional groups attached to an aromatic ring is 1. The molecule has 0 radical (unpaired) electrons. The minimum atomic E-state index is -0.757. The molecule has 3 aromatic carbocycles. The molecule has 44 heavy (non-hydrogen) atoms. The lowest BCUT2D eigenvalue weighted by molar-refractivity contribution is -0.139. The van der Waals surface area contributed by atoms with Crippen LogP contribution in [-0.2, 0) is 4.79 Å². The summed E-state index contributed by atoms with van der Waals surface area (Å²) in [6, 6.07) is 19.0. The maximum absolute atomic E-state index is 13.2. The normalized spacial score (nSPS) is 11.9. The topological polar surface area (TPSA) is 161 Å². The average Bonchev–Trinajstić information content (AvgIpc) is 3.39. The van der Waals surface area contributed by atoms with Crippen LogP contribution in [0.5, 0.6) is 17.2 Å². The van der Waals surface area contributed by atoms with E-state index >= 15 is 0 Å². The van der Waals surface area contributed by atoms with E-state index in [1.54, 1.807) is 67.5 Å². The third kappa shape index (κ3) is 7.02. The van der Waals surface area contributed by atoms with Gasteiger partial charge in [-0.25, -0.2) is 4.79 Å². The van der Waals surface area contributed by atoms with E-state index in [1.165, 1.54) is 11.8 Å². The number of anilines is 1. The summed E-state index contributed by atoms with van der Waals surface area (Å²) in [6.07, 6.45) is 0. The number of para-hydroxylation sites is 2. The first-order valence-corrected chi connectivity index (χ1v) is 14.1. The number of H-pyrrole nitrogens is 1. The minimum Gasteiger partial charge on any atom is -0.494 e. The van der Waals surface area contributed by atoms with E-state index in [0.29, 0.717) is 46.6 Å². The van der Waals surface area contributed by atoms with Crippen molar-refractivity contribution >= 4 is 17.4 Å². The van der Waals surface area contributed by atoms with Crippen molar-refractivity contribution in [2.24, 2.45) is 11.1 Å². The molecular weight excluding hydrogens is 562 g/mol. The molecule has 0 aliphatic rings. The molecule has 232 valence electrons. The van der Waals surface area contributed by atoms with Crippen molar-refractivity contribution in [1.82, 2.24) is 19.7 Å². The lowest BCUT2D eigenvalue weighted by Crippen LogP contribution is -2.40. The zero-order valence-corrected chi connectivity index (χ0v) is 25.8. The van der Waals surface area contributed by atoms with Crippen LogP contribution in [-0.4, -0.2) is 65.8 Å². The third-order valence-electron chi connectivity index (χ3n) is 6.90. The molecule has 12 nitrogen and oxygen atoms in total. The standard InChI is InChI=1S/C32H39N7O5/c1-7-43-26-18-21(14-17-25(26)44-19-32(2,3)30(40)38(4)5)27(35-22-15-12-20(13-16-22)28(33)34)29-36-31(41)39(37-29)23-10-8-9-11-24(23)42-6/h8-18,27,35H,7,19H2,1-6H3,(H3,33,34)(H,36,37,41). The summed E-state index contributed by atoms with van der Waals surface area (Å²) >= 11 is 0. The minimum absolute atomic E-state index is 0.0413. The van der Waals surface area contributed by atoms with E-state index in [1.807, 2.05) is 39.0 Å². The van der Waals surface area contributed by atoms with Crippen LogP contribution in [0, 0.1) is 10.8 Å². The molecule has 0 aliphatic carbocycles. The molecule has 1 unspecified atom stereocenters. The monoisotopic (exact) mass is 601 g/mol. The Labute approximate surface area is 256 Å². The van der Waals surface area contributed by atoms with Gasteiger partial charge in [0.15, 0.2) is 17.3 Å². The number of methoxy groups -OCH3 is 1. The van der Waals surface area contributed by atoms with Crippen molar-refractivity contribution in [2.45, 2.75) is 26.8 Å². The Kier molecular flexibility index (Phi) is 9.62. The van der Waals surface area contributed by atoms with Crippen LogP contribution in [0.1, 0.15) is 43.8 Å². The van der Waals surface area contributed by atoms with Gasteiger partial charge in [-0.05, 0) is 74.9 Å². The van der Waals surface area contributed by atoms with Gasteiger partial charge in [-0.15, -0.1) is 5.10 Å². The van der Waals surface area contributed by atoms with E-state index in [-0.39, 0.29) is 18.3 Å². The SMILES string of the molecule is CCOc1cc(C(Nc2ccc(C(=N)N)cc2)c2nn(-c3ccccc3OC)c(=O)[nH]2)ccc1OCC(C)(C)C(=O)N(C)C. The van der Waals surface area contributed by atoms with Gasteiger partial charge in [0.05, 0.1) is 19.1 Å². The van der Waals surface area contributed by atoms with Crippen LogP contribution in [0.2, 0.25) is 0 Å². The summed E-state index contributed by atoms with van der Waals surface area (Å²) in [7, 11) is 4.96. The summed E-state index contributed by atoms with van der Waals surface area (Å²) in [5, 5.41) is 15.8. The Morgan fingerprint density at radius 1 is 1.07 bits per heavy atom. The summed E-state index contributed by atoms with van der Waals surface area (Å²) in [6.45, 7) is 6.05. The lowest BCUT2D eigenvalue weighted by atomic mass is 9.93. The van der Waals surface area contributed by atoms with Gasteiger partial charge in [-0.3, -0.25) is 15.2 Å². The van der Waals surface area contributed by atoms with E-state index in [0.717, 1.165) is 5.56 Å². The number of aromatic amines is 1. The zero-order chi connectivity index (χ0) is 32.0. The van der Waals surface area contributed by atoms with Crippen molar-refractivity contribution in [3.8, 4) is 22.9 Å². The van der Waals surface area contributed by atoms with Gasteiger partial charge in [0.1, 0.15) is 29.9 Å². The molecule has 12 heteroatoms. The third-order valence-corrected chi connectivity index (χ3v) is 6.90. The van der Waals surface area contributed by atoms with Crippen LogP contribution in [0.3, 0.4) is 0 Å². The van der Waals surface area contributed by atoms with Gasteiger partial charge >= 0.3 is 5.69 Å². The highest BCUT2D eigenvalue weighted by atomic mass is 16.5. The number of aromatic nitrogens is 3. The predicted octanol–water partition coefficient (Wildman–Crippen LogP) is 3.95. The molecule has 1 aromatic heterocycles. The molecule has 0 fully saturated rings. The maximum atomic E-state index is 13.2. The number of nitrogens with one attached hydrogen (secondary N) is 3. The van der Waals surface area contributed by atoms with Gasteiger partial charge in [0.25, 0.3) is 0 Å². The molecule has 1 heterocycles. The van der Waals surface area contributed by atoms with Crippen LogP contribution >= 0.6 is 0 Å². The molecule has 4 rings (SSSR count). The van der Waals surface area contributed by atoms with Crippen molar-refractivity contribution < 1.29 is 19.0 Å². The Morgan fingerprint density at radius 2 is 1.77 bits per heavy atom. The molecule has 1 atom stereocenters. The zero-order valence-electron chi connectivity index (χ0n) is 25.8. The number of nitrogens with zero attached hydrogens (tertiary/aromatic N) is 3. The lowest BCUT2D eigenvalue weighted by Gasteiger charge is -2.27. The summed E-state index contributed by atoms with van der Waals surface area (Å²) in [5.41, 5.74) is 6.93. The Morgan fingerprint density at radius 3 is 2.41 bits per heavy atom. The average molecular weight is 602 g/mol. The number of rotatable bonds is 13. The van der Waals surface area contributed by atoms with Gasteiger partial charge in [-0.1, -0.05) is 18.2 Å². The van der Waals surface area contributed by atoms with Crippen molar-refractivity contribution in [3.63, 3.8) is 0 Å². The van der Waals surface area contributed by atoms with Crippen LogP contribution in [0.4, 0.5) is 5.69 Å². The second-order valence-corrected chi connectivity index (χ2v) is 11.0. The molecule has 1 amide bonds. The number of ether oxygens (including phenoxy) is 3. The number of hydrogen-bond donors (Lipinski definition) is 4. The number of carbonyl (C=O) groups excluding carboxylic acids is 1. The highest BCUT2D eigenvalue weighted by molar-refractivity contribution is 5.95. The maximum Gasteiger partial charge on any atom is 0.348 e.